The first-order chi connectivity index (χ1) is 19.7. The van der Waals surface area contributed by atoms with Gasteiger partial charge in [-0.15, -0.1) is 0 Å². The van der Waals surface area contributed by atoms with Crippen LogP contribution in [0.1, 0.15) is 93.7 Å². The van der Waals surface area contributed by atoms with Crippen LogP contribution >= 0.6 is 0 Å². The molecule has 0 amide bonds. The Morgan fingerprint density at radius 3 is 1.82 bits per heavy atom. The van der Waals surface area contributed by atoms with Crippen molar-refractivity contribution in [3.63, 3.8) is 0 Å². The van der Waals surface area contributed by atoms with Crippen molar-refractivity contribution < 1.29 is 14.6 Å². The van der Waals surface area contributed by atoms with Gasteiger partial charge in [-0.25, -0.2) is 4.79 Å². The van der Waals surface area contributed by atoms with Crippen LogP contribution in [0.25, 0.3) is 6.08 Å². The minimum atomic E-state index is -0.923. The predicted molar refractivity (Wildman–Crippen MR) is 168 cm³/mol. The Hall–Kier alpha value is -3.53. The third-order valence-electron chi connectivity index (χ3n) is 7.22. The molecule has 3 aromatic carbocycles. The van der Waals surface area contributed by atoms with Crippen molar-refractivity contribution in [2.24, 2.45) is 0 Å². The van der Waals surface area contributed by atoms with Crippen molar-refractivity contribution in [3.8, 4) is 5.75 Å². The zero-order chi connectivity index (χ0) is 28.1. The number of aryl methyl sites for hydroxylation is 1. The monoisotopic (exact) mass is 541 g/mol. The molecule has 0 saturated heterocycles. The average Bonchev–Trinajstić information content (AvgIpc) is 2.98. The van der Waals surface area contributed by atoms with Gasteiger partial charge >= 0.3 is 5.97 Å². The standard InChI is InChI=1S/C36H47NO3/c38-36(39)28-23-32-19-24-34(25-20-32)37-29-15-10-8-6-4-2-1-3-5-7-9-12-16-31-21-26-35(27-22-31)40-30-33-17-13-11-14-18-33/h11,13-14,17-28,37H,1-10,12,15-16,29-30H2,(H,38,39)/b28-23+. The highest BCUT2D eigenvalue weighted by atomic mass is 16.5. The number of ether oxygens (including phenoxy) is 1. The lowest BCUT2D eigenvalue weighted by molar-refractivity contribution is -0.131. The van der Waals surface area contributed by atoms with Crippen LogP contribution in [0, 0.1) is 0 Å². The fraction of sp³-hybridized carbons (Fsp3) is 0.417. The predicted octanol–water partition coefficient (Wildman–Crippen LogP) is 9.70. The fourth-order valence-electron chi connectivity index (χ4n) is 4.83. The molecule has 0 spiro atoms. The Morgan fingerprint density at radius 1 is 0.650 bits per heavy atom. The molecule has 0 atom stereocenters. The number of hydrogen-bond donors (Lipinski definition) is 2. The number of rotatable bonds is 21. The van der Waals surface area contributed by atoms with Crippen LogP contribution in [0.5, 0.6) is 5.75 Å². The molecule has 40 heavy (non-hydrogen) atoms. The Balaban J connectivity index is 1.07. The molecule has 2 N–H and O–H groups in total. The van der Waals surface area contributed by atoms with E-state index in [0.29, 0.717) is 6.61 Å². The second-order valence-electron chi connectivity index (χ2n) is 10.6. The summed E-state index contributed by atoms with van der Waals surface area (Å²) in [7, 11) is 0. The Kier molecular flexibility index (Phi) is 15.1. The summed E-state index contributed by atoms with van der Waals surface area (Å²) in [4.78, 5) is 10.6. The van der Waals surface area contributed by atoms with Crippen LogP contribution in [-0.4, -0.2) is 17.6 Å². The molecular formula is C36H47NO3. The van der Waals surface area contributed by atoms with Crippen LogP contribution in [0.4, 0.5) is 5.69 Å². The summed E-state index contributed by atoms with van der Waals surface area (Å²) in [6, 6.07) is 26.8. The molecule has 0 aromatic heterocycles. The quantitative estimate of drug-likeness (QED) is 0.104. The number of aliphatic carboxylic acids is 1. The molecule has 0 radical (unpaired) electrons. The molecule has 3 aromatic rings. The van der Waals surface area contributed by atoms with Gasteiger partial charge in [0.25, 0.3) is 0 Å². The molecule has 0 aliphatic heterocycles. The van der Waals surface area contributed by atoms with Gasteiger partial charge in [0, 0.05) is 18.3 Å². The van der Waals surface area contributed by atoms with Crippen molar-refractivity contribution >= 4 is 17.7 Å². The number of anilines is 1. The van der Waals surface area contributed by atoms with Gasteiger partial charge in [0.15, 0.2) is 0 Å². The Morgan fingerprint density at radius 2 is 1.23 bits per heavy atom. The summed E-state index contributed by atoms with van der Waals surface area (Å²) >= 11 is 0. The number of nitrogens with one attached hydrogen (secondary N) is 1. The maximum atomic E-state index is 10.6. The Labute approximate surface area is 241 Å². The second kappa shape index (κ2) is 19.5. The molecule has 0 aliphatic rings. The van der Waals surface area contributed by atoms with E-state index >= 15 is 0 Å². The van der Waals surface area contributed by atoms with Gasteiger partial charge in [-0.1, -0.05) is 119 Å². The van der Waals surface area contributed by atoms with E-state index in [-0.39, 0.29) is 0 Å². The van der Waals surface area contributed by atoms with Gasteiger partial charge in [0.2, 0.25) is 0 Å². The lowest BCUT2D eigenvalue weighted by atomic mass is 10.0. The second-order valence-corrected chi connectivity index (χ2v) is 10.6. The van der Waals surface area contributed by atoms with Crippen LogP contribution in [0.2, 0.25) is 0 Å². The van der Waals surface area contributed by atoms with Gasteiger partial charge in [0.1, 0.15) is 12.4 Å². The van der Waals surface area contributed by atoms with E-state index in [1.165, 1.54) is 88.2 Å². The SMILES string of the molecule is O=C(O)/C=C/c1ccc(NCCCCCCCCCCCCCCc2ccc(OCc3ccccc3)cc2)cc1. The van der Waals surface area contributed by atoms with Gasteiger partial charge in [-0.3, -0.25) is 0 Å². The number of carboxylic acid groups (broad SMARTS) is 1. The molecule has 0 heterocycles. The summed E-state index contributed by atoms with van der Waals surface area (Å²) in [5.41, 5.74) is 4.59. The normalized spacial score (nSPS) is 11.1. The van der Waals surface area contributed by atoms with Crippen LogP contribution in [0.15, 0.2) is 84.9 Å². The van der Waals surface area contributed by atoms with E-state index in [2.05, 4.69) is 41.7 Å². The zero-order valence-electron chi connectivity index (χ0n) is 24.0. The molecule has 0 fully saturated rings. The van der Waals surface area contributed by atoms with Crippen LogP contribution < -0.4 is 10.1 Å². The van der Waals surface area contributed by atoms with Crippen LogP contribution in [-0.2, 0) is 17.8 Å². The molecule has 0 saturated carbocycles. The summed E-state index contributed by atoms with van der Waals surface area (Å²) in [6.07, 6.45) is 19.9. The first-order valence-electron chi connectivity index (χ1n) is 15.2. The summed E-state index contributed by atoms with van der Waals surface area (Å²) in [5.74, 6) is 0.0198. The van der Waals surface area contributed by atoms with Crippen LogP contribution in [0.3, 0.4) is 0 Å². The maximum Gasteiger partial charge on any atom is 0.328 e. The minimum Gasteiger partial charge on any atom is -0.489 e. The van der Waals surface area contributed by atoms with Crippen molar-refractivity contribution in [1.29, 1.82) is 0 Å². The summed E-state index contributed by atoms with van der Waals surface area (Å²) in [5, 5.41) is 12.1. The van der Waals surface area contributed by atoms with E-state index in [0.717, 1.165) is 36.0 Å². The van der Waals surface area contributed by atoms with Gasteiger partial charge in [0.05, 0.1) is 0 Å². The molecule has 4 heteroatoms. The molecular weight excluding hydrogens is 494 g/mol. The molecule has 214 valence electrons. The number of carbonyl (C=O) groups is 1. The molecule has 4 nitrogen and oxygen atoms in total. The summed E-state index contributed by atoms with van der Waals surface area (Å²) < 4.78 is 5.89. The van der Waals surface area contributed by atoms with Crippen molar-refractivity contribution in [1.82, 2.24) is 0 Å². The fourth-order valence-corrected chi connectivity index (χ4v) is 4.83. The third kappa shape index (κ3) is 14.0. The van der Waals surface area contributed by atoms with E-state index in [1.54, 1.807) is 6.08 Å². The average molecular weight is 542 g/mol. The first kappa shape index (κ1) is 31.0. The topological polar surface area (TPSA) is 58.6 Å². The number of hydrogen-bond acceptors (Lipinski definition) is 3. The smallest absolute Gasteiger partial charge is 0.328 e. The van der Waals surface area contributed by atoms with Gasteiger partial charge < -0.3 is 15.2 Å². The Bertz CT molecular complexity index is 1090. The number of carboxylic acids is 1. The molecule has 0 bridgehead atoms. The number of benzene rings is 3. The molecule has 0 unspecified atom stereocenters. The lowest BCUT2D eigenvalue weighted by Crippen LogP contribution is -2.01. The van der Waals surface area contributed by atoms with E-state index in [4.69, 9.17) is 9.84 Å². The van der Waals surface area contributed by atoms with E-state index in [1.807, 2.05) is 42.5 Å². The van der Waals surface area contributed by atoms with Crippen molar-refractivity contribution in [2.75, 3.05) is 11.9 Å². The highest BCUT2D eigenvalue weighted by Gasteiger charge is 1.99. The van der Waals surface area contributed by atoms with Gasteiger partial charge in [-0.05, 0) is 66.3 Å². The lowest BCUT2D eigenvalue weighted by Gasteiger charge is -2.08. The third-order valence-corrected chi connectivity index (χ3v) is 7.22. The highest BCUT2D eigenvalue weighted by molar-refractivity contribution is 5.85. The number of unbranched alkanes of at least 4 members (excludes halogenated alkanes) is 11. The first-order valence-corrected chi connectivity index (χ1v) is 15.2. The van der Waals surface area contributed by atoms with E-state index in [9.17, 15) is 4.79 Å². The highest BCUT2D eigenvalue weighted by Crippen LogP contribution is 2.17. The largest absolute Gasteiger partial charge is 0.489 e. The minimum absolute atomic E-state index is 0.619. The maximum absolute atomic E-state index is 10.6. The van der Waals surface area contributed by atoms with E-state index < -0.39 is 5.97 Å². The van der Waals surface area contributed by atoms with Gasteiger partial charge in [-0.2, -0.15) is 0 Å². The summed E-state index contributed by atoms with van der Waals surface area (Å²) in [6.45, 7) is 1.60. The molecule has 3 rings (SSSR count). The molecule has 0 aliphatic carbocycles. The van der Waals surface area contributed by atoms with Crippen molar-refractivity contribution in [2.45, 2.75) is 90.1 Å². The zero-order valence-corrected chi connectivity index (χ0v) is 24.0. The van der Waals surface area contributed by atoms with Crippen molar-refractivity contribution in [3.05, 3.63) is 102 Å².